The molecule has 0 aliphatic carbocycles. The Bertz CT molecular complexity index is 616. The maximum absolute atomic E-state index is 12.6. The number of hydrogen-bond acceptors (Lipinski definition) is 4. The summed E-state index contributed by atoms with van der Waals surface area (Å²) in [7, 11) is 0. The van der Waals surface area contributed by atoms with Crippen molar-refractivity contribution in [3.05, 3.63) is 29.3 Å². The number of thiazole rings is 1. The third-order valence-corrected chi connectivity index (χ3v) is 2.80. The van der Waals surface area contributed by atoms with Gasteiger partial charge in [-0.2, -0.15) is 18.2 Å². The predicted octanol–water partition coefficient (Wildman–Crippen LogP) is 2.13. The number of nitrogens with zero attached hydrogens (tertiary/aromatic N) is 3. The van der Waals surface area contributed by atoms with Gasteiger partial charge in [0, 0.05) is 11.6 Å². The van der Waals surface area contributed by atoms with E-state index in [4.69, 9.17) is 11.5 Å². The summed E-state index contributed by atoms with van der Waals surface area (Å²) in [5.41, 5.74) is 9.99. The highest BCUT2D eigenvalue weighted by Gasteiger charge is 2.30. The number of nitrogens with two attached hydrogens (primary N) is 2. The molecule has 4 N–H and O–H groups in total. The molecular weight excluding hydrogens is 279 g/mol. The molecule has 0 atom stereocenters. The number of aliphatic imine (C=N–C) groups is 1. The van der Waals surface area contributed by atoms with Gasteiger partial charge in [0.2, 0.25) is 5.13 Å². The Labute approximate surface area is 109 Å². The van der Waals surface area contributed by atoms with Crippen molar-refractivity contribution in [1.29, 1.82) is 0 Å². The Balaban J connectivity index is 2.37. The highest BCUT2D eigenvalue weighted by Crippen LogP contribution is 2.32. The summed E-state index contributed by atoms with van der Waals surface area (Å²) in [6, 6.07) is 1.82. The van der Waals surface area contributed by atoms with Crippen LogP contribution in [0.25, 0.3) is 11.4 Å². The summed E-state index contributed by atoms with van der Waals surface area (Å²) in [6.07, 6.45) is -3.34. The fraction of sp³-hybridized carbons (Fsp3) is 0.100. The zero-order valence-electron chi connectivity index (χ0n) is 9.35. The molecule has 19 heavy (non-hydrogen) atoms. The van der Waals surface area contributed by atoms with Gasteiger partial charge in [-0.3, -0.25) is 4.98 Å². The van der Waals surface area contributed by atoms with Crippen LogP contribution in [0.4, 0.5) is 18.3 Å². The van der Waals surface area contributed by atoms with Gasteiger partial charge in [-0.15, -0.1) is 11.3 Å². The molecule has 0 spiro atoms. The van der Waals surface area contributed by atoms with Crippen LogP contribution < -0.4 is 11.5 Å². The summed E-state index contributed by atoms with van der Waals surface area (Å²) in [5.74, 6) is -0.169. The van der Waals surface area contributed by atoms with Gasteiger partial charge in [0.05, 0.1) is 11.3 Å². The van der Waals surface area contributed by atoms with E-state index in [9.17, 15) is 13.2 Å². The predicted molar refractivity (Wildman–Crippen MR) is 65.8 cm³/mol. The van der Waals surface area contributed by atoms with E-state index in [1.807, 2.05) is 0 Å². The molecule has 0 bridgehead atoms. The van der Waals surface area contributed by atoms with Crippen LogP contribution in [0.1, 0.15) is 5.56 Å². The van der Waals surface area contributed by atoms with Crippen LogP contribution in [0.3, 0.4) is 0 Å². The third kappa shape index (κ3) is 3.19. The van der Waals surface area contributed by atoms with Gasteiger partial charge in [0.1, 0.15) is 5.69 Å². The first-order valence-electron chi connectivity index (χ1n) is 4.95. The molecule has 0 amide bonds. The van der Waals surface area contributed by atoms with Crippen molar-refractivity contribution in [2.45, 2.75) is 6.18 Å². The molecule has 0 unspecified atom stereocenters. The molecule has 0 aromatic carbocycles. The van der Waals surface area contributed by atoms with Crippen molar-refractivity contribution >= 4 is 22.4 Å². The number of hydrogen-bond donors (Lipinski definition) is 2. The van der Waals surface area contributed by atoms with Gasteiger partial charge in [-0.25, -0.2) is 4.98 Å². The summed E-state index contributed by atoms with van der Waals surface area (Å²) in [5, 5.41) is 1.79. The summed E-state index contributed by atoms with van der Waals surface area (Å²) in [6.45, 7) is 0. The summed E-state index contributed by atoms with van der Waals surface area (Å²) < 4.78 is 37.7. The standard InChI is InChI=1S/C10H8F3N5S/c11-10(12,13)5-1-2-16-6(3-5)7-4-19-9(17-7)18-8(14)15/h1-4H,(H4,14,15,17,18). The first-order valence-corrected chi connectivity index (χ1v) is 5.83. The van der Waals surface area contributed by atoms with Crippen LogP contribution in [0.15, 0.2) is 28.7 Å². The lowest BCUT2D eigenvalue weighted by atomic mass is 10.2. The van der Waals surface area contributed by atoms with Crippen molar-refractivity contribution in [2.24, 2.45) is 16.5 Å². The van der Waals surface area contributed by atoms with E-state index in [1.165, 1.54) is 5.38 Å². The van der Waals surface area contributed by atoms with E-state index in [1.54, 1.807) is 0 Å². The average molecular weight is 287 g/mol. The monoisotopic (exact) mass is 287 g/mol. The molecular formula is C10H8F3N5S. The minimum absolute atomic E-state index is 0.114. The molecule has 0 saturated heterocycles. The SMILES string of the molecule is NC(N)=Nc1nc(-c2cc(C(F)(F)F)ccn2)cs1. The Morgan fingerprint density at radius 1 is 1.26 bits per heavy atom. The van der Waals surface area contributed by atoms with Gasteiger partial charge in [-0.1, -0.05) is 0 Å². The number of pyridine rings is 1. The van der Waals surface area contributed by atoms with Gasteiger partial charge in [0.25, 0.3) is 0 Å². The van der Waals surface area contributed by atoms with Crippen molar-refractivity contribution in [1.82, 2.24) is 9.97 Å². The molecule has 0 aliphatic heterocycles. The second kappa shape index (κ2) is 4.84. The van der Waals surface area contributed by atoms with E-state index in [0.29, 0.717) is 0 Å². The van der Waals surface area contributed by atoms with Gasteiger partial charge >= 0.3 is 6.18 Å². The zero-order chi connectivity index (χ0) is 14.0. The van der Waals surface area contributed by atoms with E-state index in [-0.39, 0.29) is 22.5 Å². The topological polar surface area (TPSA) is 90.2 Å². The van der Waals surface area contributed by atoms with Crippen LogP contribution in [-0.4, -0.2) is 15.9 Å². The van der Waals surface area contributed by atoms with Gasteiger partial charge in [0.15, 0.2) is 5.96 Å². The quantitative estimate of drug-likeness (QED) is 0.654. The first-order chi connectivity index (χ1) is 8.86. The largest absolute Gasteiger partial charge is 0.416 e. The number of halogens is 3. The summed E-state index contributed by atoms with van der Waals surface area (Å²) in [4.78, 5) is 11.5. The highest BCUT2D eigenvalue weighted by molar-refractivity contribution is 7.13. The van der Waals surface area contributed by atoms with Crippen LogP contribution >= 0.6 is 11.3 Å². The molecule has 2 aromatic rings. The molecule has 0 radical (unpaired) electrons. The maximum atomic E-state index is 12.6. The average Bonchev–Trinajstić information content (AvgIpc) is 2.76. The smallest absolute Gasteiger partial charge is 0.370 e. The second-order valence-electron chi connectivity index (χ2n) is 3.48. The Morgan fingerprint density at radius 3 is 2.63 bits per heavy atom. The molecule has 9 heteroatoms. The van der Waals surface area contributed by atoms with Crippen molar-refractivity contribution < 1.29 is 13.2 Å². The molecule has 0 saturated carbocycles. The first kappa shape index (κ1) is 13.3. The Kier molecular flexibility index (Phi) is 3.38. The Morgan fingerprint density at radius 2 is 2.00 bits per heavy atom. The van der Waals surface area contributed by atoms with Gasteiger partial charge in [-0.05, 0) is 12.1 Å². The highest BCUT2D eigenvalue weighted by atomic mass is 32.1. The van der Waals surface area contributed by atoms with Crippen LogP contribution in [-0.2, 0) is 6.18 Å². The van der Waals surface area contributed by atoms with Crippen LogP contribution in [0.2, 0.25) is 0 Å². The lowest BCUT2D eigenvalue weighted by molar-refractivity contribution is -0.137. The molecule has 0 fully saturated rings. The molecule has 0 aliphatic rings. The minimum atomic E-state index is -4.42. The lowest BCUT2D eigenvalue weighted by Crippen LogP contribution is -2.21. The van der Waals surface area contributed by atoms with E-state index in [2.05, 4.69) is 15.0 Å². The van der Waals surface area contributed by atoms with E-state index in [0.717, 1.165) is 29.7 Å². The molecule has 2 aromatic heterocycles. The van der Waals surface area contributed by atoms with E-state index >= 15 is 0 Å². The Hall–Kier alpha value is -2.16. The fourth-order valence-electron chi connectivity index (χ4n) is 1.29. The van der Waals surface area contributed by atoms with Crippen molar-refractivity contribution in [3.63, 3.8) is 0 Å². The van der Waals surface area contributed by atoms with Crippen LogP contribution in [0, 0.1) is 0 Å². The molecule has 2 rings (SSSR count). The number of alkyl halides is 3. The maximum Gasteiger partial charge on any atom is 0.416 e. The number of rotatable bonds is 2. The lowest BCUT2D eigenvalue weighted by Gasteiger charge is -2.06. The zero-order valence-corrected chi connectivity index (χ0v) is 10.2. The van der Waals surface area contributed by atoms with Crippen LogP contribution in [0.5, 0.6) is 0 Å². The number of guanidine groups is 1. The van der Waals surface area contributed by atoms with Gasteiger partial charge < -0.3 is 11.5 Å². The molecule has 100 valence electrons. The third-order valence-electron chi connectivity index (χ3n) is 2.07. The van der Waals surface area contributed by atoms with Crippen molar-refractivity contribution in [3.8, 4) is 11.4 Å². The molecule has 5 nitrogen and oxygen atoms in total. The number of aromatic nitrogens is 2. The normalized spacial score (nSPS) is 11.3. The molecule has 2 heterocycles. The van der Waals surface area contributed by atoms with E-state index < -0.39 is 11.7 Å². The van der Waals surface area contributed by atoms with Crippen molar-refractivity contribution in [2.75, 3.05) is 0 Å². The summed E-state index contributed by atoms with van der Waals surface area (Å²) >= 11 is 1.11. The second-order valence-corrected chi connectivity index (χ2v) is 4.32. The minimum Gasteiger partial charge on any atom is -0.370 e. The fourth-order valence-corrected chi connectivity index (χ4v) is 1.99.